The Morgan fingerprint density at radius 2 is 1.70 bits per heavy atom. The maximum Gasteiger partial charge on any atom is 0.257 e. The van der Waals surface area contributed by atoms with E-state index in [1.54, 1.807) is 6.20 Å². The molecule has 0 fully saturated rings. The number of nitrogens with zero attached hydrogens (tertiary/aromatic N) is 1. The summed E-state index contributed by atoms with van der Waals surface area (Å²) in [5, 5.41) is 9.46. The van der Waals surface area contributed by atoms with Crippen LogP contribution in [0.15, 0.2) is 79.1 Å². The molecule has 0 spiro atoms. The van der Waals surface area contributed by atoms with Crippen LogP contribution in [0.3, 0.4) is 0 Å². The number of rotatable bonds is 6. The molecule has 4 rings (SSSR count). The zero-order valence-corrected chi connectivity index (χ0v) is 14.8. The number of pyridine rings is 1. The van der Waals surface area contributed by atoms with Gasteiger partial charge in [-0.15, -0.1) is 0 Å². The molecular formula is C22H20N4O. The molecule has 0 saturated carbocycles. The minimum absolute atomic E-state index is 0.0866. The molecule has 3 aromatic rings. The molecule has 1 amide bonds. The molecule has 5 nitrogen and oxygen atoms in total. The first kappa shape index (κ1) is 16.8. The number of carbonyl (C=O) groups is 1. The number of anilines is 3. The third kappa shape index (κ3) is 3.98. The number of fused-ring (bicyclic) bond motifs is 1. The van der Waals surface area contributed by atoms with Crippen LogP contribution in [0.5, 0.6) is 0 Å². The minimum atomic E-state index is -0.0866. The Labute approximate surface area is 158 Å². The normalized spacial score (nSPS) is 13.9. The van der Waals surface area contributed by atoms with Crippen LogP contribution in [-0.4, -0.2) is 17.4 Å². The molecule has 134 valence electrons. The highest BCUT2D eigenvalue weighted by molar-refractivity contribution is 6.31. The Bertz CT molecular complexity index is 965. The molecule has 0 unspecified atom stereocenters. The fourth-order valence-corrected chi connectivity index (χ4v) is 3.00. The highest BCUT2D eigenvalue weighted by Crippen LogP contribution is 2.31. The van der Waals surface area contributed by atoms with E-state index in [2.05, 4.69) is 20.9 Å². The summed E-state index contributed by atoms with van der Waals surface area (Å²) in [5.41, 5.74) is 5.46. The van der Waals surface area contributed by atoms with Gasteiger partial charge in [-0.05, 0) is 42.5 Å². The number of carbonyl (C=O) groups excluding carboxylic acids is 1. The Kier molecular flexibility index (Phi) is 4.83. The minimum Gasteiger partial charge on any atom is -0.385 e. The smallest absolute Gasteiger partial charge is 0.257 e. The zero-order chi connectivity index (χ0) is 18.5. The van der Waals surface area contributed by atoms with E-state index < -0.39 is 0 Å². The van der Waals surface area contributed by atoms with Crippen LogP contribution in [0.1, 0.15) is 11.3 Å². The van der Waals surface area contributed by atoms with Gasteiger partial charge in [-0.1, -0.05) is 24.3 Å². The Balaban J connectivity index is 1.35. The van der Waals surface area contributed by atoms with Crippen LogP contribution < -0.4 is 16.0 Å². The van der Waals surface area contributed by atoms with E-state index >= 15 is 0 Å². The summed E-state index contributed by atoms with van der Waals surface area (Å²) in [6.45, 7) is 0.824. The van der Waals surface area contributed by atoms with Gasteiger partial charge in [-0.25, -0.2) is 0 Å². The Hall–Kier alpha value is -3.60. The summed E-state index contributed by atoms with van der Waals surface area (Å²) in [6, 6.07) is 21.6. The van der Waals surface area contributed by atoms with Crippen molar-refractivity contribution >= 4 is 28.5 Å². The number of aromatic nitrogens is 1. The number of para-hydroxylation sites is 1. The van der Waals surface area contributed by atoms with Crippen molar-refractivity contribution in [2.45, 2.75) is 6.42 Å². The fourth-order valence-electron chi connectivity index (χ4n) is 3.00. The molecule has 27 heavy (non-hydrogen) atoms. The summed E-state index contributed by atoms with van der Waals surface area (Å²) in [7, 11) is 0. The van der Waals surface area contributed by atoms with Crippen LogP contribution in [0.4, 0.5) is 17.1 Å². The second kappa shape index (κ2) is 7.74. The number of hydrogen-bond donors (Lipinski definition) is 3. The lowest BCUT2D eigenvalue weighted by atomic mass is 10.1. The molecule has 0 bridgehead atoms. The second-order valence-electron chi connectivity index (χ2n) is 6.28. The highest BCUT2D eigenvalue weighted by Gasteiger charge is 2.23. The first-order chi connectivity index (χ1) is 13.3. The first-order valence-electron chi connectivity index (χ1n) is 8.91. The lowest BCUT2D eigenvalue weighted by Crippen LogP contribution is -2.06. The first-order valence-corrected chi connectivity index (χ1v) is 8.91. The predicted octanol–water partition coefficient (Wildman–Crippen LogP) is 4.14. The quantitative estimate of drug-likeness (QED) is 0.581. The van der Waals surface area contributed by atoms with E-state index in [-0.39, 0.29) is 5.91 Å². The maximum absolute atomic E-state index is 12.1. The van der Waals surface area contributed by atoms with Crippen molar-refractivity contribution in [3.05, 3.63) is 90.4 Å². The van der Waals surface area contributed by atoms with E-state index in [9.17, 15) is 4.79 Å². The molecular weight excluding hydrogens is 336 g/mol. The lowest BCUT2D eigenvalue weighted by Gasteiger charge is -2.08. The van der Waals surface area contributed by atoms with Crippen LogP contribution in [-0.2, 0) is 11.2 Å². The average molecular weight is 356 g/mol. The molecule has 0 saturated heterocycles. The molecule has 0 radical (unpaired) electrons. The van der Waals surface area contributed by atoms with Gasteiger partial charge in [0.25, 0.3) is 5.91 Å². The van der Waals surface area contributed by atoms with E-state index in [4.69, 9.17) is 0 Å². The molecule has 1 aromatic heterocycles. The molecule has 3 N–H and O–H groups in total. The molecule has 1 aliphatic heterocycles. The zero-order valence-electron chi connectivity index (χ0n) is 14.8. The standard InChI is InChI=1S/C22H20N4O/c27-22-20(19-6-1-2-7-21(19)26-22)15-25-18-10-8-17(9-11-18)24-14-12-16-5-3-4-13-23-16/h1-11,13,15,24-25H,12,14H2,(H,26,27)/b20-15+. The van der Waals surface area contributed by atoms with Crippen molar-refractivity contribution in [3.63, 3.8) is 0 Å². The summed E-state index contributed by atoms with van der Waals surface area (Å²) >= 11 is 0. The monoisotopic (exact) mass is 356 g/mol. The third-order valence-corrected chi connectivity index (χ3v) is 4.41. The van der Waals surface area contributed by atoms with Crippen molar-refractivity contribution in [2.75, 3.05) is 22.5 Å². The molecule has 2 aromatic carbocycles. The van der Waals surface area contributed by atoms with Gasteiger partial charge in [0.15, 0.2) is 0 Å². The second-order valence-corrected chi connectivity index (χ2v) is 6.28. The third-order valence-electron chi connectivity index (χ3n) is 4.41. The van der Waals surface area contributed by atoms with Crippen molar-refractivity contribution < 1.29 is 4.79 Å². The van der Waals surface area contributed by atoms with Gasteiger partial charge in [0.05, 0.1) is 5.57 Å². The van der Waals surface area contributed by atoms with Crippen molar-refractivity contribution in [2.24, 2.45) is 0 Å². The number of hydrogen-bond acceptors (Lipinski definition) is 4. The highest BCUT2D eigenvalue weighted by atomic mass is 16.2. The fraction of sp³-hybridized carbons (Fsp3) is 0.0909. The van der Waals surface area contributed by atoms with Crippen LogP contribution in [0.25, 0.3) is 5.57 Å². The summed E-state index contributed by atoms with van der Waals surface area (Å²) in [6.07, 6.45) is 4.44. The van der Waals surface area contributed by atoms with Gasteiger partial charge in [-0.3, -0.25) is 9.78 Å². The molecule has 1 aliphatic rings. The molecule has 0 atom stereocenters. The van der Waals surface area contributed by atoms with Crippen molar-refractivity contribution in [3.8, 4) is 0 Å². The summed E-state index contributed by atoms with van der Waals surface area (Å²) < 4.78 is 0. The maximum atomic E-state index is 12.1. The van der Waals surface area contributed by atoms with Crippen molar-refractivity contribution in [1.29, 1.82) is 0 Å². The largest absolute Gasteiger partial charge is 0.385 e. The molecule has 5 heteroatoms. The van der Waals surface area contributed by atoms with Gasteiger partial charge >= 0.3 is 0 Å². The number of amides is 1. The SMILES string of the molecule is O=C1Nc2ccccc2/C1=C\Nc1ccc(NCCc2ccccn2)cc1. The molecule has 0 aliphatic carbocycles. The van der Waals surface area contributed by atoms with Gasteiger partial charge in [0, 0.05) is 53.7 Å². The summed E-state index contributed by atoms with van der Waals surface area (Å²) in [4.78, 5) is 16.4. The summed E-state index contributed by atoms with van der Waals surface area (Å²) in [5.74, 6) is -0.0866. The average Bonchev–Trinajstić information content (AvgIpc) is 3.03. The van der Waals surface area contributed by atoms with E-state index in [1.165, 1.54) is 0 Å². The Morgan fingerprint density at radius 1 is 0.926 bits per heavy atom. The number of nitrogens with one attached hydrogen (secondary N) is 3. The van der Waals surface area contributed by atoms with Gasteiger partial charge in [0.2, 0.25) is 0 Å². The van der Waals surface area contributed by atoms with E-state index in [0.717, 1.165) is 41.3 Å². The van der Waals surface area contributed by atoms with Gasteiger partial charge in [0.1, 0.15) is 0 Å². The van der Waals surface area contributed by atoms with E-state index in [0.29, 0.717) is 5.57 Å². The number of benzene rings is 2. The topological polar surface area (TPSA) is 66.1 Å². The van der Waals surface area contributed by atoms with Crippen LogP contribution in [0, 0.1) is 0 Å². The van der Waals surface area contributed by atoms with Crippen molar-refractivity contribution in [1.82, 2.24) is 4.98 Å². The predicted molar refractivity (Wildman–Crippen MR) is 110 cm³/mol. The molecule has 2 heterocycles. The van der Waals surface area contributed by atoms with Gasteiger partial charge in [-0.2, -0.15) is 0 Å². The lowest BCUT2D eigenvalue weighted by molar-refractivity contribution is -0.110. The Morgan fingerprint density at radius 3 is 2.52 bits per heavy atom. The van der Waals surface area contributed by atoms with E-state index in [1.807, 2.05) is 72.9 Å². The van der Waals surface area contributed by atoms with Crippen LogP contribution >= 0.6 is 0 Å². The van der Waals surface area contributed by atoms with Gasteiger partial charge < -0.3 is 16.0 Å². The van der Waals surface area contributed by atoms with Crippen LogP contribution in [0.2, 0.25) is 0 Å².